The lowest BCUT2D eigenvalue weighted by molar-refractivity contribution is 0.0944. The van der Waals surface area contributed by atoms with Crippen LogP contribution in [0.15, 0.2) is 47.6 Å². The molecule has 0 aliphatic heterocycles. The molecule has 5 nitrogen and oxygen atoms in total. The smallest absolute Gasteiger partial charge is 0.267 e. The van der Waals surface area contributed by atoms with Gasteiger partial charge in [-0.15, -0.1) is 0 Å². The fourth-order valence-electron chi connectivity index (χ4n) is 1.90. The molecule has 0 saturated heterocycles. The number of aryl methyl sites for hydroxylation is 1. The van der Waals surface area contributed by atoms with Crippen molar-refractivity contribution in [2.45, 2.75) is 18.2 Å². The number of aromatic nitrogens is 1. The van der Waals surface area contributed by atoms with E-state index in [9.17, 15) is 8.42 Å². The number of benzene rings is 1. The molecule has 1 aromatic carbocycles. The predicted molar refractivity (Wildman–Crippen MR) is 79.8 cm³/mol. The first kappa shape index (κ1) is 15.8. The Balaban J connectivity index is 2.10. The Hall–Kier alpha value is -1.63. The van der Waals surface area contributed by atoms with Crippen LogP contribution < -0.4 is 0 Å². The average molecular weight is 309 g/mol. The topological polar surface area (TPSA) is 68.5 Å². The first-order valence-corrected chi connectivity index (χ1v) is 8.16. The van der Waals surface area contributed by atoms with Gasteiger partial charge >= 0.3 is 0 Å². The second-order valence-corrected chi connectivity index (χ2v) is 6.60. The highest BCUT2D eigenvalue weighted by Crippen LogP contribution is 2.16. The van der Waals surface area contributed by atoms with Crippen molar-refractivity contribution in [2.24, 2.45) is 0 Å². The summed E-state index contributed by atoms with van der Waals surface area (Å²) in [6.07, 6.45) is 3.74. The Kier molecular flexibility index (Phi) is 5.17. The number of aliphatic hydroxyl groups excluding tert-OH is 1. The Labute approximate surface area is 124 Å². The lowest BCUT2D eigenvalue weighted by Gasteiger charge is -2.06. The summed E-state index contributed by atoms with van der Waals surface area (Å²) >= 11 is 0. The molecule has 1 heterocycles. The quantitative estimate of drug-likeness (QED) is 0.789. The third-order valence-corrected chi connectivity index (χ3v) is 4.75. The molecule has 0 atom stereocenters. The maximum atomic E-state index is 12.4. The number of rotatable bonds is 7. The highest BCUT2D eigenvalue weighted by molar-refractivity contribution is 7.90. The molecule has 2 aromatic rings. The van der Waals surface area contributed by atoms with Crippen LogP contribution >= 0.6 is 0 Å². The van der Waals surface area contributed by atoms with E-state index in [4.69, 9.17) is 9.84 Å². The first-order valence-electron chi connectivity index (χ1n) is 6.72. The zero-order valence-corrected chi connectivity index (χ0v) is 12.7. The van der Waals surface area contributed by atoms with E-state index in [2.05, 4.69) is 0 Å². The van der Waals surface area contributed by atoms with E-state index < -0.39 is 10.0 Å². The van der Waals surface area contributed by atoms with Gasteiger partial charge in [0.05, 0.1) is 24.7 Å². The van der Waals surface area contributed by atoms with Gasteiger partial charge in [-0.25, -0.2) is 12.4 Å². The van der Waals surface area contributed by atoms with Crippen LogP contribution in [0.25, 0.3) is 0 Å². The summed E-state index contributed by atoms with van der Waals surface area (Å²) < 4.78 is 31.3. The zero-order valence-electron chi connectivity index (χ0n) is 11.9. The van der Waals surface area contributed by atoms with Crippen molar-refractivity contribution >= 4 is 10.0 Å². The summed E-state index contributed by atoms with van der Waals surface area (Å²) in [5.74, 6) is 0. The number of ether oxygens (including phenoxy) is 1. The monoisotopic (exact) mass is 309 g/mol. The van der Waals surface area contributed by atoms with Gasteiger partial charge in [-0.1, -0.05) is 17.7 Å². The van der Waals surface area contributed by atoms with Gasteiger partial charge in [-0.05, 0) is 37.1 Å². The molecule has 1 N–H and O–H groups in total. The van der Waals surface area contributed by atoms with Gasteiger partial charge in [0.25, 0.3) is 10.0 Å². The standard InChI is InChI=1S/C15H19NO4S/c1-13-2-4-15(5-3-13)21(18,19)16-8-6-14(12-16)7-10-20-11-9-17/h2-6,8,12,17H,7,9-11H2,1H3. The lowest BCUT2D eigenvalue weighted by Crippen LogP contribution is -2.11. The molecule has 2 rings (SSSR count). The molecule has 21 heavy (non-hydrogen) atoms. The van der Waals surface area contributed by atoms with Crippen molar-refractivity contribution < 1.29 is 18.3 Å². The molecule has 0 bridgehead atoms. The van der Waals surface area contributed by atoms with E-state index in [0.29, 0.717) is 19.6 Å². The van der Waals surface area contributed by atoms with Crippen molar-refractivity contribution in [3.05, 3.63) is 53.9 Å². The summed E-state index contributed by atoms with van der Waals surface area (Å²) in [5, 5.41) is 8.61. The molecule has 1 aromatic heterocycles. The SMILES string of the molecule is Cc1ccc(S(=O)(=O)n2ccc(CCOCCO)c2)cc1. The predicted octanol–water partition coefficient (Wildman–Crippen LogP) is 1.58. The lowest BCUT2D eigenvalue weighted by atomic mass is 10.2. The first-order chi connectivity index (χ1) is 10.0. The van der Waals surface area contributed by atoms with Gasteiger partial charge in [0, 0.05) is 12.4 Å². The Morgan fingerprint density at radius 2 is 1.86 bits per heavy atom. The van der Waals surface area contributed by atoms with Crippen molar-refractivity contribution in [3.63, 3.8) is 0 Å². The maximum Gasteiger partial charge on any atom is 0.267 e. The molecule has 0 aliphatic rings. The molecule has 0 amide bonds. The minimum absolute atomic E-state index is 0.0111. The number of nitrogens with zero attached hydrogens (tertiary/aromatic N) is 1. The van der Waals surface area contributed by atoms with Crippen molar-refractivity contribution in [1.82, 2.24) is 3.97 Å². The molecule has 0 aliphatic carbocycles. The summed E-state index contributed by atoms with van der Waals surface area (Å²) in [7, 11) is -3.53. The minimum atomic E-state index is -3.53. The van der Waals surface area contributed by atoms with E-state index in [-0.39, 0.29) is 11.5 Å². The second-order valence-electron chi connectivity index (χ2n) is 4.75. The Morgan fingerprint density at radius 3 is 2.52 bits per heavy atom. The summed E-state index contributed by atoms with van der Waals surface area (Å²) in [5.41, 5.74) is 1.90. The summed E-state index contributed by atoms with van der Waals surface area (Å²) in [6.45, 7) is 2.65. The van der Waals surface area contributed by atoms with Crippen molar-refractivity contribution in [2.75, 3.05) is 19.8 Å². The van der Waals surface area contributed by atoms with Crippen LogP contribution in [0.1, 0.15) is 11.1 Å². The average Bonchev–Trinajstić information content (AvgIpc) is 2.94. The normalized spacial score (nSPS) is 11.7. The van der Waals surface area contributed by atoms with Crippen molar-refractivity contribution in [1.29, 1.82) is 0 Å². The summed E-state index contributed by atoms with van der Waals surface area (Å²) in [6, 6.07) is 8.53. The summed E-state index contributed by atoms with van der Waals surface area (Å²) in [4.78, 5) is 0.270. The van der Waals surface area contributed by atoms with Crippen LogP contribution in [0.2, 0.25) is 0 Å². The van der Waals surface area contributed by atoms with Gasteiger partial charge in [-0.3, -0.25) is 0 Å². The van der Waals surface area contributed by atoms with Crippen LogP contribution in [0.3, 0.4) is 0 Å². The highest BCUT2D eigenvalue weighted by Gasteiger charge is 2.16. The van der Waals surface area contributed by atoms with E-state index in [1.807, 2.05) is 6.92 Å². The molecule has 0 spiro atoms. The van der Waals surface area contributed by atoms with Crippen LogP contribution in [0.5, 0.6) is 0 Å². The van der Waals surface area contributed by atoms with Crippen molar-refractivity contribution in [3.8, 4) is 0 Å². The van der Waals surface area contributed by atoms with E-state index in [0.717, 1.165) is 11.1 Å². The second kappa shape index (κ2) is 6.89. The van der Waals surface area contributed by atoms with Crippen LogP contribution in [-0.4, -0.2) is 37.3 Å². The van der Waals surface area contributed by atoms with Crippen LogP contribution in [0.4, 0.5) is 0 Å². The van der Waals surface area contributed by atoms with E-state index >= 15 is 0 Å². The third-order valence-electron chi connectivity index (χ3n) is 3.10. The molecule has 6 heteroatoms. The van der Waals surface area contributed by atoms with E-state index in [1.165, 1.54) is 10.2 Å². The van der Waals surface area contributed by atoms with E-state index in [1.54, 1.807) is 36.5 Å². The number of hydrogen-bond donors (Lipinski definition) is 1. The minimum Gasteiger partial charge on any atom is -0.394 e. The molecule has 0 fully saturated rings. The molecule has 0 saturated carbocycles. The molecule has 114 valence electrons. The van der Waals surface area contributed by atoms with Gasteiger partial charge in [-0.2, -0.15) is 0 Å². The van der Waals surface area contributed by atoms with Crippen LogP contribution in [0, 0.1) is 6.92 Å². The van der Waals surface area contributed by atoms with Gasteiger partial charge in [0.15, 0.2) is 0 Å². The highest BCUT2D eigenvalue weighted by atomic mass is 32.2. The van der Waals surface area contributed by atoms with Crippen LogP contribution in [-0.2, 0) is 21.2 Å². The Morgan fingerprint density at radius 1 is 1.14 bits per heavy atom. The molecular formula is C15H19NO4S. The van der Waals surface area contributed by atoms with Gasteiger partial charge < -0.3 is 9.84 Å². The molecular weight excluding hydrogens is 290 g/mol. The maximum absolute atomic E-state index is 12.4. The van der Waals surface area contributed by atoms with Gasteiger partial charge in [0.2, 0.25) is 0 Å². The Bertz CT molecular complexity index is 674. The molecule has 0 radical (unpaired) electrons. The fourth-order valence-corrected chi connectivity index (χ4v) is 3.12. The largest absolute Gasteiger partial charge is 0.394 e. The zero-order chi connectivity index (χ0) is 15.3. The third kappa shape index (κ3) is 3.93. The number of aliphatic hydroxyl groups is 1. The van der Waals surface area contributed by atoms with Gasteiger partial charge in [0.1, 0.15) is 0 Å². The fraction of sp³-hybridized carbons (Fsp3) is 0.333. The molecule has 0 unspecified atom stereocenters. The number of hydrogen-bond acceptors (Lipinski definition) is 4.